The SMILES string of the molecule is Cc1cccc([C@H]2C[C@@H]2c2cc(-c3c[nH]c(=O)[nH]c3=O)nnc2C)c1. The van der Waals surface area contributed by atoms with Gasteiger partial charge in [0.05, 0.1) is 11.3 Å². The van der Waals surface area contributed by atoms with Gasteiger partial charge >= 0.3 is 5.69 Å². The molecule has 1 aliphatic rings. The molecule has 3 aromatic rings. The Morgan fingerprint density at radius 1 is 1.08 bits per heavy atom. The third-order valence-electron chi connectivity index (χ3n) is 4.77. The molecule has 2 heterocycles. The molecular weight excluding hydrogens is 316 g/mol. The molecule has 25 heavy (non-hydrogen) atoms. The van der Waals surface area contributed by atoms with E-state index in [4.69, 9.17) is 0 Å². The molecule has 1 fully saturated rings. The number of aromatic nitrogens is 4. The average molecular weight is 334 g/mol. The Kier molecular flexibility index (Phi) is 3.60. The van der Waals surface area contributed by atoms with Gasteiger partial charge in [-0.2, -0.15) is 5.10 Å². The molecule has 2 aromatic heterocycles. The molecule has 2 N–H and O–H groups in total. The lowest BCUT2D eigenvalue weighted by Gasteiger charge is -2.07. The van der Waals surface area contributed by atoms with E-state index in [0.717, 1.165) is 17.7 Å². The number of nitrogens with one attached hydrogen (secondary N) is 2. The number of nitrogens with zero attached hydrogens (tertiary/aromatic N) is 2. The lowest BCUT2D eigenvalue weighted by molar-refractivity contribution is 0.911. The molecule has 6 nitrogen and oxygen atoms in total. The van der Waals surface area contributed by atoms with Gasteiger partial charge in [0.2, 0.25) is 0 Å². The van der Waals surface area contributed by atoms with Crippen molar-refractivity contribution in [3.63, 3.8) is 0 Å². The summed E-state index contributed by atoms with van der Waals surface area (Å²) in [6.45, 7) is 4.04. The van der Waals surface area contributed by atoms with Crippen LogP contribution >= 0.6 is 0 Å². The summed E-state index contributed by atoms with van der Waals surface area (Å²) >= 11 is 0. The molecule has 4 rings (SSSR count). The summed E-state index contributed by atoms with van der Waals surface area (Å²) in [4.78, 5) is 27.9. The molecular formula is C19H18N4O2. The molecule has 0 amide bonds. The van der Waals surface area contributed by atoms with Crippen molar-refractivity contribution in [2.75, 3.05) is 0 Å². The number of aryl methyl sites for hydroxylation is 2. The van der Waals surface area contributed by atoms with Gasteiger partial charge in [0.25, 0.3) is 5.56 Å². The predicted octanol–water partition coefficient (Wildman–Crippen LogP) is 2.41. The van der Waals surface area contributed by atoms with E-state index in [-0.39, 0.29) is 0 Å². The van der Waals surface area contributed by atoms with Crippen molar-refractivity contribution in [3.05, 3.63) is 79.8 Å². The fraction of sp³-hybridized carbons (Fsp3) is 0.263. The highest BCUT2D eigenvalue weighted by atomic mass is 16.2. The maximum Gasteiger partial charge on any atom is 0.325 e. The molecule has 1 aromatic carbocycles. The molecule has 0 bridgehead atoms. The first-order chi connectivity index (χ1) is 12.0. The lowest BCUT2D eigenvalue weighted by Crippen LogP contribution is -2.23. The number of hydrogen-bond donors (Lipinski definition) is 2. The van der Waals surface area contributed by atoms with Crippen molar-refractivity contribution in [1.29, 1.82) is 0 Å². The Bertz CT molecular complexity index is 1070. The van der Waals surface area contributed by atoms with Crippen LogP contribution in [0.25, 0.3) is 11.3 Å². The summed E-state index contributed by atoms with van der Waals surface area (Å²) < 4.78 is 0. The number of H-pyrrole nitrogens is 2. The standard InChI is InChI=1S/C19H18N4O2/c1-10-4-3-5-12(6-10)14-7-15(14)13-8-17(23-22-11(13)2)16-9-20-19(25)21-18(16)24/h3-6,8-9,14-15H,7H2,1-2H3,(H2,20,21,24,25)/t14-,15-/m1/s1. The highest BCUT2D eigenvalue weighted by Gasteiger charge is 2.40. The van der Waals surface area contributed by atoms with Crippen LogP contribution < -0.4 is 11.2 Å². The molecule has 0 spiro atoms. The fourth-order valence-corrected chi connectivity index (χ4v) is 3.38. The molecule has 0 radical (unpaired) electrons. The number of benzene rings is 1. The highest BCUT2D eigenvalue weighted by Crippen LogP contribution is 2.55. The van der Waals surface area contributed by atoms with Gasteiger partial charge in [0, 0.05) is 6.20 Å². The summed E-state index contributed by atoms with van der Waals surface area (Å²) in [5, 5.41) is 8.36. The number of rotatable bonds is 3. The van der Waals surface area contributed by atoms with Crippen LogP contribution in [0.4, 0.5) is 0 Å². The van der Waals surface area contributed by atoms with Crippen LogP contribution in [0.3, 0.4) is 0 Å². The predicted molar refractivity (Wildman–Crippen MR) is 94.7 cm³/mol. The molecule has 126 valence electrons. The largest absolute Gasteiger partial charge is 0.325 e. The van der Waals surface area contributed by atoms with Crippen LogP contribution in [-0.2, 0) is 0 Å². The minimum atomic E-state index is -0.532. The fourth-order valence-electron chi connectivity index (χ4n) is 3.38. The van der Waals surface area contributed by atoms with Crippen molar-refractivity contribution >= 4 is 0 Å². The zero-order chi connectivity index (χ0) is 17.6. The van der Waals surface area contributed by atoms with Crippen LogP contribution in [0, 0.1) is 13.8 Å². The van der Waals surface area contributed by atoms with Crippen molar-refractivity contribution in [3.8, 4) is 11.3 Å². The van der Waals surface area contributed by atoms with Crippen LogP contribution in [0.15, 0.2) is 46.1 Å². The first kappa shape index (κ1) is 15.5. The zero-order valence-electron chi connectivity index (χ0n) is 14.0. The van der Waals surface area contributed by atoms with Crippen molar-refractivity contribution < 1.29 is 0 Å². The average Bonchev–Trinajstić information content (AvgIpc) is 3.36. The third-order valence-corrected chi connectivity index (χ3v) is 4.77. The Balaban J connectivity index is 1.70. The van der Waals surface area contributed by atoms with Crippen molar-refractivity contribution in [2.24, 2.45) is 0 Å². The second-order valence-corrected chi connectivity index (χ2v) is 6.62. The van der Waals surface area contributed by atoms with E-state index in [0.29, 0.717) is 23.1 Å². The number of hydrogen-bond acceptors (Lipinski definition) is 4. The Morgan fingerprint density at radius 3 is 2.68 bits per heavy atom. The van der Waals surface area contributed by atoms with Gasteiger partial charge in [-0.3, -0.25) is 9.78 Å². The number of aromatic amines is 2. The molecule has 1 saturated carbocycles. The van der Waals surface area contributed by atoms with Gasteiger partial charge in [0.1, 0.15) is 5.69 Å². The maximum atomic E-state index is 12.0. The van der Waals surface area contributed by atoms with Gasteiger partial charge in [-0.05, 0) is 49.3 Å². The molecule has 0 unspecified atom stereocenters. The van der Waals surface area contributed by atoms with E-state index in [1.165, 1.54) is 17.3 Å². The minimum absolute atomic E-state index is 0.320. The van der Waals surface area contributed by atoms with Crippen molar-refractivity contribution in [1.82, 2.24) is 20.2 Å². The van der Waals surface area contributed by atoms with Crippen LogP contribution in [0.1, 0.15) is 40.6 Å². The topological polar surface area (TPSA) is 91.5 Å². The van der Waals surface area contributed by atoms with Gasteiger partial charge < -0.3 is 4.98 Å². The minimum Gasteiger partial charge on any atom is -0.313 e. The van der Waals surface area contributed by atoms with Crippen LogP contribution in [-0.4, -0.2) is 20.2 Å². The van der Waals surface area contributed by atoms with E-state index in [2.05, 4.69) is 51.4 Å². The Labute approximate surface area is 144 Å². The van der Waals surface area contributed by atoms with Crippen LogP contribution in [0.5, 0.6) is 0 Å². The quantitative estimate of drug-likeness (QED) is 0.769. The second kappa shape index (κ2) is 5.81. The molecule has 2 atom stereocenters. The molecule has 1 aliphatic carbocycles. The molecule has 0 aliphatic heterocycles. The molecule has 6 heteroatoms. The summed E-state index contributed by atoms with van der Waals surface area (Å²) in [6.07, 6.45) is 2.45. The summed E-state index contributed by atoms with van der Waals surface area (Å²) in [5.74, 6) is 0.863. The van der Waals surface area contributed by atoms with E-state index >= 15 is 0 Å². The van der Waals surface area contributed by atoms with E-state index in [1.807, 2.05) is 13.0 Å². The zero-order valence-corrected chi connectivity index (χ0v) is 14.0. The van der Waals surface area contributed by atoms with Gasteiger partial charge in [-0.15, -0.1) is 5.10 Å². The Morgan fingerprint density at radius 2 is 1.92 bits per heavy atom. The van der Waals surface area contributed by atoms with E-state index in [1.54, 1.807) is 0 Å². The first-order valence-corrected chi connectivity index (χ1v) is 8.26. The second-order valence-electron chi connectivity index (χ2n) is 6.62. The van der Waals surface area contributed by atoms with E-state index in [9.17, 15) is 9.59 Å². The molecule has 0 saturated heterocycles. The van der Waals surface area contributed by atoms with Gasteiger partial charge in [-0.25, -0.2) is 4.79 Å². The van der Waals surface area contributed by atoms with Gasteiger partial charge in [0.15, 0.2) is 0 Å². The monoisotopic (exact) mass is 334 g/mol. The normalized spacial score (nSPS) is 19.0. The van der Waals surface area contributed by atoms with Gasteiger partial charge in [-0.1, -0.05) is 29.8 Å². The Hall–Kier alpha value is -3.02. The summed E-state index contributed by atoms with van der Waals surface area (Å²) in [7, 11) is 0. The van der Waals surface area contributed by atoms with E-state index < -0.39 is 11.2 Å². The highest BCUT2D eigenvalue weighted by molar-refractivity contribution is 5.58. The first-order valence-electron chi connectivity index (χ1n) is 8.26. The van der Waals surface area contributed by atoms with Crippen LogP contribution in [0.2, 0.25) is 0 Å². The summed E-state index contributed by atoms with van der Waals surface area (Å²) in [6, 6.07) is 10.5. The lowest BCUT2D eigenvalue weighted by atomic mass is 10.0. The maximum absolute atomic E-state index is 12.0. The smallest absolute Gasteiger partial charge is 0.313 e. The summed E-state index contributed by atoms with van der Waals surface area (Å²) in [5.41, 5.74) is 4.40. The third kappa shape index (κ3) is 2.91. The van der Waals surface area contributed by atoms with Crippen molar-refractivity contribution in [2.45, 2.75) is 32.1 Å².